The Hall–Kier alpha value is -1.62. The summed E-state index contributed by atoms with van der Waals surface area (Å²) in [6.45, 7) is 6.00. The number of hydrogen-bond donors (Lipinski definition) is 0. The molecule has 0 amide bonds. The monoisotopic (exact) mass is 448 g/mol. The molecule has 1 fully saturated rings. The van der Waals surface area contributed by atoms with Gasteiger partial charge in [-0.25, -0.2) is 0 Å². The van der Waals surface area contributed by atoms with Crippen molar-refractivity contribution in [3.63, 3.8) is 0 Å². The van der Waals surface area contributed by atoms with E-state index in [1.807, 2.05) is 32.1 Å². The number of allylic oxidation sites excluding steroid dienone is 1. The second-order valence-corrected chi connectivity index (χ2v) is 8.74. The number of carbonyl (C=O) groups excluding carboxylic acids is 2. The zero-order chi connectivity index (χ0) is 20.4. The summed E-state index contributed by atoms with van der Waals surface area (Å²) < 4.78 is 12.3. The van der Waals surface area contributed by atoms with Gasteiger partial charge in [0.2, 0.25) is 0 Å². The van der Waals surface area contributed by atoms with Crippen LogP contribution in [0.4, 0.5) is 0 Å². The first-order valence-corrected chi connectivity index (χ1v) is 11.1. The summed E-state index contributed by atoms with van der Waals surface area (Å²) >= 11 is 3.49. The Balaban J connectivity index is 2.13. The van der Waals surface area contributed by atoms with Gasteiger partial charge in [-0.3, -0.25) is 9.59 Å². The maximum atomic E-state index is 13.3. The molecule has 5 heteroatoms. The Morgan fingerprint density at radius 3 is 2.32 bits per heavy atom. The predicted molar refractivity (Wildman–Crippen MR) is 112 cm³/mol. The highest BCUT2D eigenvalue weighted by molar-refractivity contribution is 9.10. The zero-order valence-electron chi connectivity index (χ0n) is 16.9. The molecule has 1 aromatic carbocycles. The van der Waals surface area contributed by atoms with Gasteiger partial charge in [0.15, 0.2) is 0 Å². The molecule has 0 saturated heterocycles. The Labute approximate surface area is 175 Å². The lowest BCUT2D eigenvalue weighted by molar-refractivity contribution is -0.164. The van der Waals surface area contributed by atoms with E-state index in [0.29, 0.717) is 25.2 Å². The molecule has 1 atom stereocenters. The van der Waals surface area contributed by atoms with Crippen LogP contribution in [0.15, 0.2) is 40.6 Å². The van der Waals surface area contributed by atoms with E-state index in [1.54, 1.807) is 6.92 Å². The van der Waals surface area contributed by atoms with E-state index in [1.165, 1.54) is 0 Å². The predicted octanol–water partition coefficient (Wildman–Crippen LogP) is 5.90. The number of rotatable bonds is 6. The largest absolute Gasteiger partial charge is 0.465 e. The van der Waals surface area contributed by atoms with E-state index in [2.05, 4.69) is 28.1 Å². The first-order valence-electron chi connectivity index (χ1n) is 10.3. The van der Waals surface area contributed by atoms with E-state index >= 15 is 0 Å². The average molecular weight is 449 g/mol. The van der Waals surface area contributed by atoms with Crippen molar-refractivity contribution >= 4 is 27.9 Å². The van der Waals surface area contributed by atoms with E-state index in [-0.39, 0.29) is 17.9 Å². The molecule has 1 heterocycles. The van der Waals surface area contributed by atoms with Crippen LogP contribution in [-0.4, -0.2) is 18.5 Å². The molecule has 1 aliphatic heterocycles. The lowest BCUT2D eigenvalue weighted by atomic mass is 9.67. The third-order valence-corrected chi connectivity index (χ3v) is 7.12. The maximum Gasteiger partial charge on any atom is 0.319 e. The topological polar surface area (TPSA) is 52.6 Å². The van der Waals surface area contributed by atoms with Crippen molar-refractivity contribution in [1.82, 2.24) is 0 Å². The molecular weight excluding hydrogens is 420 g/mol. The highest BCUT2D eigenvalue weighted by atomic mass is 79.9. The van der Waals surface area contributed by atoms with Gasteiger partial charge in [0, 0.05) is 10.4 Å². The molecule has 0 aromatic heterocycles. The fourth-order valence-electron chi connectivity index (χ4n) is 4.79. The third kappa shape index (κ3) is 3.42. The second kappa shape index (κ2) is 8.40. The summed E-state index contributed by atoms with van der Waals surface area (Å²) in [5.41, 5.74) is -0.358. The molecule has 0 radical (unpaired) electrons. The number of halogens is 1. The summed E-state index contributed by atoms with van der Waals surface area (Å²) in [6.07, 6.45) is 6.79. The number of benzene rings is 1. The normalized spacial score (nSPS) is 21.4. The number of esters is 2. The summed E-state index contributed by atoms with van der Waals surface area (Å²) in [6, 6.07) is 8.13. The van der Waals surface area contributed by atoms with Crippen LogP contribution in [0, 0.1) is 10.8 Å². The summed E-state index contributed by atoms with van der Waals surface area (Å²) in [4.78, 5) is 26.2. The van der Waals surface area contributed by atoms with Gasteiger partial charge in [-0.15, -0.1) is 0 Å². The van der Waals surface area contributed by atoms with Crippen molar-refractivity contribution in [3.05, 3.63) is 46.1 Å². The van der Waals surface area contributed by atoms with Crippen LogP contribution in [-0.2, 0) is 19.1 Å². The van der Waals surface area contributed by atoms with E-state index in [0.717, 1.165) is 35.7 Å². The second-order valence-electron chi connectivity index (χ2n) is 7.82. The van der Waals surface area contributed by atoms with Crippen molar-refractivity contribution in [2.45, 2.75) is 65.2 Å². The van der Waals surface area contributed by atoms with Crippen molar-refractivity contribution in [2.24, 2.45) is 10.8 Å². The number of hydrogen-bond acceptors (Lipinski definition) is 4. The quantitative estimate of drug-likeness (QED) is 0.507. The van der Waals surface area contributed by atoms with Gasteiger partial charge in [0.05, 0.1) is 12.0 Å². The maximum absolute atomic E-state index is 13.3. The lowest BCUT2D eigenvalue weighted by Crippen LogP contribution is -2.44. The molecule has 1 saturated carbocycles. The SMILES string of the molecule is CCOC(=O)C(CC)(CC)C1=CC(c2ccc(Br)cc2)C2(CCCC2)C(=O)O1. The zero-order valence-corrected chi connectivity index (χ0v) is 18.5. The van der Waals surface area contributed by atoms with Gasteiger partial charge < -0.3 is 9.47 Å². The fourth-order valence-corrected chi connectivity index (χ4v) is 5.06. The molecule has 1 unspecified atom stereocenters. The van der Waals surface area contributed by atoms with Gasteiger partial charge in [-0.05, 0) is 56.4 Å². The van der Waals surface area contributed by atoms with Crippen LogP contribution in [0.1, 0.15) is 70.8 Å². The van der Waals surface area contributed by atoms with Crippen molar-refractivity contribution in [1.29, 1.82) is 0 Å². The van der Waals surface area contributed by atoms with E-state index in [9.17, 15) is 9.59 Å². The molecule has 152 valence electrons. The highest BCUT2D eigenvalue weighted by Gasteiger charge is 2.55. The Morgan fingerprint density at radius 2 is 1.79 bits per heavy atom. The van der Waals surface area contributed by atoms with E-state index in [4.69, 9.17) is 9.47 Å². The molecular formula is C23H29BrO4. The van der Waals surface area contributed by atoms with Crippen LogP contribution >= 0.6 is 15.9 Å². The summed E-state index contributed by atoms with van der Waals surface area (Å²) in [5.74, 6) is -0.125. The highest BCUT2D eigenvalue weighted by Crippen LogP contribution is 2.55. The molecule has 28 heavy (non-hydrogen) atoms. The smallest absolute Gasteiger partial charge is 0.319 e. The minimum Gasteiger partial charge on any atom is -0.465 e. The molecule has 1 aromatic rings. The number of carbonyl (C=O) groups is 2. The van der Waals surface area contributed by atoms with Crippen molar-refractivity contribution < 1.29 is 19.1 Å². The Bertz CT molecular complexity index is 755. The average Bonchev–Trinajstić information content (AvgIpc) is 3.18. The van der Waals surface area contributed by atoms with Crippen molar-refractivity contribution in [3.8, 4) is 0 Å². The van der Waals surface area contributed by atoms with Crippen LogP contribution in [0.5, 0.6) is 0 Å². The summed E-state index contributed by atoms with van der Waals surface area (Å²) in [7, 11) is 0. The standard InChI is InChI=1S/C23H29BrO4/c1-4-22(5-2,20(25)27-6-3)19-15-18(16-9-11-17(24)12-10-16)23(21(26)28-19)13-7-8-14-23/h9-12,15,18H,4-8,13-14H2,1-3H3. The van der Waals surface area contributed by atoms with Gasteiger partial charge in [0.25, 0.3) is 0 Å². The molecule has 3 rings (SSSR count). The molecule has 2 aliphatic rings. The minimum absolute atomic E-state index is 0.0914. The molecule has 0 bridgehead atoms. The first kappa shape index (κ1) is 21.1. The Morgan fingerprint density at radius 1 is 1.18 bits per heavy atom. The summed E-state index contributed by atoms with van der Waals surface area (Å²) in [5, 5.41) is 0. The van der Waals surface area contributed by atoms with E-state index < -0.39 is 10.8 Å². The third-order valence-electron chi connectivity index (χ3n) is 6.59. The molecule has 0 N–H and O–H groups in total. The molecule has 4 nitrogen and oxygen atoms in total. The van der Waals surface area contributed by atoms with Gasteiger partial charge in [-0.2, -0.15) is 0 Å². The molecule has 1 spiro atoms. The number of ether oxygens (including phenoxy) is 2. The van der Waals surface area contributed by atoms with Crippen LogP contribution in [0.25, 0.3) is 0 Å². The van der Waals surface area contributed by atoms with Crippen LogP contribution in [0.3, 0.4) is 0 Å². The lowest BCUT2D eigenvalue weighted by Gasteiger charge is -2.42. The fraction of sp³-hybridized carbons (Fsp3) is 0.565. The van der Waals surface area contributed by atoms with Gasteiger partial charge in [-0.1, -0.05) is 54.8 Å². The van der Waals surface area contributed by atoms with Crippen LogP contribution < -0.4 is 0 Å². The minimum atomic E-state index is -0.917. The molecule has 1 aliphatic carbocycles. The van der Waals surface area contributed by atoms with Crippen molar-refractivity contribution in [2.75, 3.05) is 6.61 Å². The number of cyclic esters (lactones) is 1. The van der Waals surface area contributed by atoms with Crippen LogP contribution in [0.2, 0.25) is 0 Å². The first-order chi connectivity index (χ1) is 13.4. The van der Waals surface area contributed by atoms with Gasteiger partial charge >= 0.3 is 11.9 Å². The van der Waals surface area contributed by atoms with Gasteiger partial charge in [0.1, 0.15) is 11.2 Å². The Kier molecular flexibility index (Phi) is 6.33.